The van der Waals surface area contributed by atoms with E-state index in [1.54, 1.807) is 0 Å². The molecule has 0 amide bonds. The smallest absolute Gasteiger partial charge is 0.0963 e. The van der Waals surface area contributed by atoms with Gasteiger partial charge in [-0.25, -0.2) is 4.98 Å². The van der Waals surface area contributed by atoms with Crippen LogP contribution in [0.1, 0.15) is 13.3 Å². The Labute approximate surface area is 101 Å². The highest BCUT2D eigenvalue weighted by Gasteiger charge is 2.26. The number of nitrogens with one attached hydrogen (secondary N) is 1. The topological polar surface area (TPSA) is 34.1 Å². The van der Waals surface area contributed by atoms with Crippen LogP contribution in [0.4, 0.5) is 0 Å². The second-order valence-electron chi connectivity index (χ2n) is 3.85. The van der Waals surface area contributed by atoms with Gasteiger partial charge in [-0.05, 0) is 25.1 Å². The Morgan fingerprint density at radius 2 is 2.50 bits per heavy atom. The first-order valence-electron chi connectivity index (χ1n) is 5.79. The van der Waals surface area contributed by atoms with E-state index >= 15 is 0 Å². The van der Waals surface area contributed by atoms with E-state index in [1.807, 2.05) is 30.1 Å². The fraction of sp³-hybridized carbons (Fsp3) is 0.583. The summed E-state index contributed by atoms with van der Waals surface area (Å²) in [5, 5.41) is 5.09. The van der Waals surface area contributed by atoms with Gasteiger partial charge < -0.3 is 10.1 Å². The summed E-state index contributed by atoms with van der Waals surface area (Å²) < 4.78 is 5.54. The van der Waals surface area contributed by atoms with Gasteiger partial charge in [-0.3, -0.25) is 0 Å². The molecule has 0 radical (unpaired) electrons. The zero-order valence-corrected chi connectivity index (χ0v) is 10.4. The summed E-state index contributed by atoms with van der Waals surface area (Å²) in [6.45, 7) is 4.86. The van der Waals surface area contributed by atoms with Gasteiger partial charge in [0.2, 0.25) is 0 Å². The molecule has 2 atom stereocenters. The largest absolute Gasteiger partial charge is 0.380 e. The molecule has 3 nitrogen and oxygen atoms in total. The lowest BCUT2D eigenvalue weighted by atomic mass is 10.1. The Bertz CT molecular complexity index is 305. The maximum absolute atomic E-state index is 5.54. The van der Waals surface area contributed by atoms with Crippen molar-refractivity contribution in [3.8, 4) is 0 Å². The molecule has 0 bridgehead atoms. The van der Waals surface area contributed by atoms with E-state index in [9.17, 15) is 0 Å². The number of hydrogen-bond acceptors (Lipinski definition) is 4. The number of thioether (sulfide) groups is 1. The lowest BCUT2D eigenvalue weighted by Crippen LogP contribution is -2.44. The molecule has 2 rings (SSSR count). The average Bonchev–Trinajstić information content (AvgIpc) is 2.33. The molecule has 1 N–H and O–H groups in total. The highest BCUT2D eigenvalue weighted by Crippen LogP contribution is 2.27. The molecule has 0 aromatic carbocycles. The van der Waals surface area contributed by atoms with Crippen LogP contribution in [0.25, 0.3) is 0 Å². The van der Waals surface area contributed by atoms with Crippen molar-refractivity contribution in [1.29, 1.82) is 0 Å². The summed E-state index contributed by atoms with van der Waals surface area (Å²) in [5.74, 6) is 0. The first kappa shape index (κ1) is 11.9. The molecule has 0 saturated carbocycles. The van der Waals surface area contributed by atoms with Crippen LogP contribution in [-0.4, -0.2) is 36.0 Å². The lowest BCUT2D eigenvalue weighted by molar-refractivity contribution is 0.0836. The van der Waals surface area contributed by atoms with Gasteiger partial charge in [-0.1, -0.05) is 24.8 Å². The van der Waals surface area contributed by atoms with Crippen molar-refractivity contribution in [3.63, 3.8) is 0 Å². The van der Waals surface area contributed by atoms with E-state index in [-0.39, 0.29) is 0 Å². The van der Waals surface area contributed by atoms with Crippen molar-refractivity contribution >= 4 is 11.8 Å². The van der Waals surface area contributed by atoms with E-state index in [2.05, 4.69) is 23.3 Å². The molecule has 2 unspecified atom stereocenters. The Morgan fingerprint density at radius 3 is 3.25 bits per heavy atom. The summed E-state index contributed by atoms with van der Waals surface area (Å²) >= 11 is 1.81. The molecule has 1 aliphatic rings. The van der Waals surface area contributed by atoms with Gasteiger partial charge in [0.05, 0.1) is 11.6 Å². The second-order valence-corrected chi connectivity index (χ2v) is 5.11. The Morgan fingerprint density at radius 1 is 1.56 bits per heavy atom. The van der Waals surface area contributed by atoms with E-state index < -0.39 is 0 Å². The van der Waals surface area contributed by atoms with Gasteiger partial charge in [-0.2, -0.15) is 0 Å². The number of nitrogens with zero attached hydrogens (tertiary/aromatic N) is 1. The maximum Gasteiger partial charge on any atom is 0.0963 e. The standard InChI is InChI=1S/C12H18N2OS/c1-2-13-10-6-8-15-9-11(10)16-12-5-3-4-7-14-12/h3-5,7,10-11,13H,2,6,8-9H2,1H3. The Balaban J connectivity index is 1.96. The highest BCUT2D eigenvalue weighted by molar-refractivity contribution is 8.00. The molecule has 1 fully saturated rings. The van der Waals surface area contributed by atoms with Crippen molar-refractivity contribution in [2.45, 2.75) is 29.7 Å². The van der Waals surface area contributed by atoms with E-state index in [0.29, 0.717) is 11.3 Å². The predicted molar refractivity (Wildman–Crippen MR) is 66.8 cm³/mol. The molecule has 1 aromatic rings. The third-order valence-corrected chi connectivity index (χ3v) is 3.93. The third-order valence-electron chi connectivity index (χ3n) is 2.68. The highest BCUT2D eigenvalue weighted by atomic mass is 32.2. The van der Waals surface area contributed by atoms with Crippen LogP contribution in [0.5, 0.6) is 0 Å². The number of pyridine rings is 1. The lowest BCUT2D eigenvalue weighted by Gasteiger charge is -2.31. The molecule has 1 saturated heterocycles. The SMILES string of the molecule is CCNC1CCOCC1Sc1ccccn1. The predicted octanol–water partition coefficient (Wildman–Crippen LogP) is 1.94. The van der Waals surface area contributed by atoms with Crippen LogP contribution in [0.3, 0.4) is 0 Å². The van der Waals surface area contributed by atoms with Crippen LogP contribution in [-0.2, 0) is 4.74 Å². The molecule has 16 heavy (non-hydrogen) atoms. The zero-order valence-electron chi connectivity index (χ0n) is 9.56. The van der Waals surface area contributed by atoms with Gasteiger partial charge in [-0.15, -0.1) is 0 Å². The molecule has 2 heterocycles. The fourth-order valence-corrected chi connectivity index (χ4v) is 3.05. The van der Waals surface area contributed by atoms with E-state index in [1.165, 1.54) is 0 Å². The van der Waals surface area contributed by atoms with Crippen molar-refractivity contribution in [1.82, 2.24) is 10.3 Å². The monoisotopic (exact) mass is 238 g/mol. The maximum atomic E-state index is 5.54. The van der Waals surface area contributed by atoms with E-state index in [0.717, 1.165) is 31.2 Å². The summed E-state index contributed by atoms with van der Waals surface area (Å²) in [6.07, 6.45) is 2.94. The van der Waals surface area contributed by atoms with Gasteiger partial charge in [0.1, 0.15) is 0 Å². The molecule has 0 spiro atoms. The van der Waals surface area contributed by atoms with Gasteiger partial charge in [0.15, 0.2) is 0 Å². The van der Waals surface area contributed by atoms with Crippen molar-refractivity contribution in [2.75, 3.05) is 19.8 Å². The first-order chi connectivity index (χ1) is 7.90. The van der Waals surface area contributed by atoms with Crippen molar-refractivity contribution < 1.29 is 4.74 Å². The number of ether oxygens (including phenoxy) is 1. The first-order valence-corrected chi connectivity index (χ1v) is 6.67. The Hall–Kier alpha value is -0.580. The van der Waals surface area contributed by atoms with E-state index in [4.69, 9.17) is 4.74 Å². The molecule has 0 aliphatic carbocycles. The zero-order chi connectivity index (χ0) is 11.2. The molecular formula is C12H18N2OS. The van der Waals surface area contributed by atoms with Gasteiger partial charge >= 0.3 is 0 Å². The summed E-state index contributed by atoms with van der Waals surface area (Å²) in [7, 11) is 0. The van der Waals surface area contributed by atoms with Crippen molar-refractivity contribution in [2.24, 2.45) is 0 Å². The normalized spacial score (nSPS) is 25.6. The van der Waals surface area contributed by atoms with Crippen molar-refractivity contribution in [3.05, 3.63) is 24.4 Å². The minimum atomic E-state index is 0.476. The Kier molecular flexibility index (Phi) is 4.63. The minimum Gasteiger partial charge on any atom is -0.380 e. The molecular weight excluding hydrogens is 220 g/mol. The number of aromatic nitrogens is 1. The summed E-state index contributed by atoms with van der Waals surface area (Å²) in [6, 6.07) is 6.58. The number of hydrogen-bond donors (Lipinski definition) is 1. The van der Waals surface area contributed by atoms with Crippen LogP contribution >= 0.6 is 11.8 Å². The quantitative estimate of drug-likeness (QED) is 0.869. The molecule has 1 aromatic heterocycles. The third kappa shape index (κ3) is 3.20. The molecule has 4 heteroatoms. The van der Waals surface area contributed by atoms with Crippen LogP contribution in [0, 0.1) is 0 Å². The van der Waals surface area contributed by atoms with Crippen LogP contribution in [0.2, 0.25) is 0 Å². The summed E-state index contributed by atoms with van der Waals surface area (Å²) in [4.78, 5) is 4.35. The summed E-state index contributed by atoms with van der Waals surface area (Å²) in [5.41, 5.74) is 0. The van der Waals surface area contributed by atoms with Crippen LogP contribution < -0.4 is 5.32 Å². The molecule has 1 aliphatic heterocycles. The van der Waals surface area contributed by atoms with Crippen LogP contribution in [0.15, 0.2) is 29.4 Å². The second kappa shape index (κ2) is 6.23. The minimum absolute atomic E-state index is 0.476. The average molecular weight is 238 g/mol. The fourth-order valence-electron chi connectivity index (χ4n) is 1.90. The van der Waals surface area contributed by atoms with Gasteiger partial charge in [0.25, 0.3) is 0 Å². The number of rotatable bonds is 4. The molecule has 88 valence electrons. The van der Waals surface area contributed by atoms with Gasteiger partial charge in [0, 0.05) is 24.1 Å².